The predicted molar refractivity (Wildman–Crippen MR) is 104 cm³/mol. The number of ether oxygens (including phenoxy) is 1. The van der Waals surface area contributed by atoms with E-state index in [1.807, 2.05) is 41.2 Å². The minimum absolute atomic E-state index is 0.0278. The normalized spacial score (nSPS) is 14.8. The summed E-state index contributed by atoms with van der Waals surface area (Å²) < 4.78 is 6.90. The predicted octanol–water partition coefficient (Wildman–Crippen LogP) is 2.94. The Morgan fingerprint density at radius 3 is 2.59 bits per heavy atom. The Morgan fingerprint density at radius 2 is 1.96 bits per heavy atom. The number of hydrogen-bond acceptors (Lipinski definition) is 5. The fraction of sp³-hybridized carbons (Fsp3) is 0.421. The molecule has 1 aliphatic rings. The van der Waals surface area contributed by atoms with Crippen LogP contribution in [0.25, 0.3) is 5.69 Å². The second kappa shape index (κ2) is 8.94. The quantitative estimate of drug-likeness (QED) is 0.797. The van der Waals surface area contributed by atoms with Gasteiger partial charge in [0.2, 0.25) is 0 Å². The highest BCUT2D eigenvalue weighted by molar-refractivity contribution is 7.98. The Morgan fingerprint density at radius 1 is 1.26 bits per heavy atom. The number of nitrogens with zero attached hydrogens (tertiary/aromatic N) is 3. The van der Waals surface area contributed by atoms with E-state index in [-0.39, 0.29) is 18.0 Å². The molecule has 0 radical (unpaired) electrons. The lowest BCUT2D eigenvalue weighted by molar-refractivity contribution is 0.0855. The van der Waals surface area contributed by atoms with Crippen molar-refractivity contribution in [3.05, 3.63) is 42.2 Å². The summed E-state index contributed by atoms with van der Waals surface area (Å²) in [4.78, 5) is 30.7. The summed E-state index contributed by atoms with van der Waals surface area (Å²) in [6, 6.07) is 9.75. The molecule has 1 aliphatic heterocycles. The van der Waals surface area contributed by atoms with Crippen molar-refractivity contribution < 1.29 is 14.3 Å². The molecule has 3 rings (SSSR count). The third kappa shape index (κ3) is 4.44. The third-order valence-corrected chi connectivity index (χ3v) is 5.17. The van der Waals surface area contributed by atoms with Crippen LogP contribution in [0.15, 0.2) is 41.7 Å². The molecule has 0 atom stereocenters. The van der Waals surface area contributed by atoms with Crippen LogP contribution in [-0.2, 0) is 4.74 Å². The van der Waals surface area contributed by atoms with Gasteiger partial charge >= 0.3 is 6.09 Å². The van der Waals surface area contributed by atoms with E-state index < -0.39 is 0 Å². The van der Waals surface area contributed by atoms with E-state index in [0.29, 0.717) is 38.2 Å². The highest BCUT2D eigenvalue weighted by Crippen LogP contribution is 2.22. The zero-order valence-corrected chi connectivity index (χ0v) is 16.4. The number of carbonyl (C=O) groups excluding carboxylic acids is 2. The van der Waals surface area contributed by atoms with E-state index in [2.05, 4.69) is 10.3 Å². The Kier molecular flexibility index (Phi) is 6.39. The van der Waals surface area contributed by atoms with Crippen LogP contribution in [0.2, 0.25) is 0 Å². The van der Waals surface area contributed by atoms with Crippen molar-refractivity contribution in [2.45, 2.75) is 31.0 Å². The van der Waals surface area contributed by atoms with Gasteiger partial charge < -0.3 is 15.0 Å². The molecule has 2 amide bonds. The van der Waals surface area contributed by atoms with Gasteiger partial charge in [-0.1, -0.05) is 30.0 Å². The van der Waals surface area contributed by atoms with Crippen LogP contribution in [-0.4, -0.2) is 58.4 Å². The number of para-hydroxylation sites is 1. The average Bonchev–Trinajstić information content (AvgIpc) is 3.13. The van der Waals surface area contributed by atoms with Crippen molar-refractivity contribution >= 4 is 23.8 Å². The molecule has 0 bridgehead atoms. The molecule has 8 heteroatoms. The minimum Gasteiger partial charge on any atom is -0.450 e. The first-order valence-electron chi connectivity index (χ1n) is 9.03. The van der Waals surface area contributed by atoms with Crippen LogP contribution >= 0.6 is 11.8 Å². The summed E-state index contributed by atoms with van der Waals surface area (Å²) in [6.45, 7) is 3.33. The molecule has 0 unspecified atom stereocenters. The van der Waals surface area contributed by atoms with E-state index >= 15 is 0 Å². The molecule has 144 valence electrons. The van der Waals surface area contributed by atoms with Gasteiger partial charge in [-0.05, 0) is 38.2 Å². The molecule has 27 heavy (non-hydrogen) atoms. The molecule has 1 aromatic carbocycles. The third-order valence-electron chi connectivity index (χ3n) is 4.52. The monoisotopic (exact) mass is 388 g/mol. The zero-order chi connectivity index (χ0) is 19.2. The van der Waals surface area contributed by atoms with Gasteiger partial charge in [0.25, 0.3) is 5.91 Å². The van der Waals surface area contributed by atoms with Gasteiger partial charge in [0.15, 0.2) is 5.16 Å². The molecule has 2 heterocycles. The fourth-order valence-electron chi connectivity index (χ4n) is 3.15. The van der Waals surface area contributed by atoms with E-state index in [1.165, 1.54) is 11.8 Å². The van der Waals surface area contributed by atoms with Crippen LogP contribution in [0.5, 0.6) is 0 Å². The van der Waals surface area contributed by atoms with E-state index in [9.17, 15) is 9.59 Å². The number of carbonyl (C=O) groups is 2. The molecular formula is C19H24N4O3S. The number of benzene rings is 1. The highest BCUT2D eigenvalue weighted by Gasteiger charge is 2.26. The van der Waals surface area contributed by atoms with Crippen LogP contribution in [0, 0.1) is 0 Å². The van der Waals surface area contributed by atoms with Gasteiger partial charge in [-0.15, -0.1) is 0 Å². The van der Waals surface area contributed by atoms with Gasteiger partial charge in [0.1, 0.15) is 5.69 Å². The van der Waals surface area contributed by atoms with Gasteiger partial charge in [-0.25, -0.2) is 9.78 Å². The Bertz CT molecular complexity index is 786. The Hall–Kier alpha value is -2.48. The lowest BCUT2D eigenvalue weighted by Crippen LogP contribution is -2.47. The topological polar surface area (TPSA) is 76.5 Å². The largest absolute Gasteiger partial charge is 0.450 e. The maximum absolute atomic E-state index is 12.9. The van der Waals surface area contributed by atoms with Crippen molar-refractivity contribution in [2.75, 3.05) is 26.0 Å². The molecule has 1 N–H and O–H groups in total. The van der Waals surface area contributed by atoms with Crippen molar-refractivity contribution in [1.29, 1.82) is 0 Å². The van der Waals surface area contributed by atoms with Crippen molar-refractivity contribution in [3.63, 3.8) is 0 Å². The van der Waals surface area contributed by atoms with Gasteiger partial charge in [-0.2, -0.15) is 0 Å². The summed E-state index contributed by atoms with van der Waals surface area (Å²) in [7, 11) is 0. The van der Waals surface area contributed by atoms with Gasteiger partial charge in [0.05, 0.1) is 12.8 Å². The lowest BCUT2D eigenvalue weighted by Gasteiger charge is -2.31. The number of piperidine rings is 1. The number of aromatic nitrogens is 2. The molecule has 1 fully saturated rings. The first-order chi connectivity index (χ1) is 13.1. The Labute approximate surface area is 163 Å². The number of imidazole rings is 1. The van der Waals surface area contributed by atoms with E-state index in [1.54, 1.807) is 18.0 Å². The molecule has 0 saturated carbocycles. The number of thioether (sulfide) groups is 1. The number of hydrogen-bond donors (Lipinski definition) is 1. The summed E-state index contributed by atoms with van der Waals surface area (Å²) in [6.07, 6.45) is 4.68. The maximum Gasteiger partial charge on any atom is 0.409 e. The van der Waals surface area contributed by atoms with Crippen molar-refractivity contribution in [2.24, 2.45) is 0 Å². The molecule has 0 aliphatic carbocycles. The molecule has 0 spiro atoms. The second-order valence-corrected chi connectivity index (χ2v) is 7.01. The highest BCUT2D eigenvalue weighted by atomic mass is 32.2. The number of amides is 2. The standard InChI is InChI=1S/C19H24N4O3S/c1-3-26-19(25)22-11-9-14(10-12-22)21-17(24)16-13-20-18(27-2)23(16)15-7-5-4-6-8-15/h4-8,13-14H,3,9-12H2,1-2H3,(H,21,24). The first-order valence-corrected chi connectivity index (χ1v) is 10.3. The molecule has 2 aromatic rings. The van der Waals surface area contributed by atoms with Crippen LogP contribution in [0.3, 0.4) is 0 Å². The lowest BCUT2D eigenvalue weighted by atomic mass is 10.1. The zero-order valence-electron chi connectivity index (χ0n) is 15.6. The van der Waals surface area contributed by atoms with Crippen LogP contribution < -0.4 is 5.32 Å². The van der Waals surface area contributed by atoms with Crippen LogP contribution in [0.4, 0.5) is 4.79 Å². The average molecular weight is 388 g/mol. The van der Waals surface area contributed by atoms with Gasteiger partial charge in [0, 0.05) is 24.8 Å². The SMILES string of the molecule is CCOC(=O)N1CCC(NC(=O)c2cnc(SC)n2-c2ccccc2)CC1. The number of rotatable bonds is 5. The maximum atomic E-state index is 12.9. The molecular weight excluding hydrogens is 364 g/mol. The summed E-state index contributed by atoms with van der Waals surface area (Å²) >= 11 is 1.50. The minimum atomic E-state index is -0.283. The first kappa shape index (κ1) is 19.3. The number of nitrogens with one attached hydrogen (secondary N) is 1. The molecule has 1 saturated heterocycles. The van der Waals surface area contributed by atoms with Crippen LogP contribution in [0.1, 0.15) is 30.3 Å². The van der Waals surface area contributed by atoms with Gasteiger partial charge in [-0.3, -0.25) is 9.36 Å². The fourth-order valence-corrected chi connectivity index (χ4v) is 3.69. The van der Waals surface area contributed by atoms with E-state index in [0.717, 1.165) is 10.8 Å². The smallest absolute Gasteiger partial charge is 0.409 e. The van der Waals surface area contributed by atoms with Crippen molar-refractivity contribution in [3.8, 4) is 5.69 Å². The number of likely N-dealkylation sites (tertiary alicyclic amines) is 1. The molecule has 1 aromatic heterocycles. The summed E-state index contributed by atoms with van der Waals surface area (Å²) in [5, 5.41) is 3.85. The summed E-state index contributed by atoms with van der Waals surface area (Å²) in [5.41, 5.74) is 1.42. The molecule has 7 nitrogen and oxygen atoms in total. The second-order valence-electron chi connectivity index (χ2n) is 6.23. The van der Waals surface area contributed by atoms with E-state index in [4.69, 9.17) is 4.74 Å². The Balaban J connectivity index is 1.68. The van der Waals surface area contributed by atoms with Crippen molar-refractivity contribution in [1.82, 2.24) is 19.8 Å². The summed E-state index contributed by atoms with van der Waals surface area (Å²) in [5.74, 6) is -0.152.